The Labute approximate surface area is 354 Å². The molecule has 0 unspecified atom stereocenters. The van der Waals surface area contributed by atoms with Gasteiger partial charge in [-0.05, 0) is 90.3 Å². The number of phenolic OH excluding ortho intramolecular Hbond substituents is 4. The number of nitrogens with zero attached hydrogens (tertiary/aromatic N) is 8. The van der Waals surface area contributed by atoms with E-state index < -0.39 is 55.2 Å². The van der Waals surface area contributed by atoms with Crippen LogP contribution in [0.25, 0.3) is 0 Å². The van der Waals surface area contributed by atoms with Crippen LogP contribution in [0.3, 0.4) is 0 Å². The molecule has 63 heavy (non-hydrogen) atoms. The zero-order chi connectivity index (χ0) is 45.6. The topological polar surface area (TPSA) is 363 Å². The van der Waals surface area contributed by atoms with Crippen molar-refractivity contribution in [2.24, 2.45) is 40.9 Å². The molecule has 0 saturated carbocycles. The number of aromatic carboxylic acids is 2. The maximum Gasteiger partial charge on any atom is 0.337 e. The number of rotatable bonds is 14. The minimum absolute atomic E-state index is 0.0344. The minimum Gasteiger partial charge on any atom is -0.505 e. The first-order chi connectivity index (χ1) is 29.7. The molecule has 22 nitrogen and oxygen atoms in total. The summed E-state index contributed by atoms with van der Waals surface area (Å²) < 4.78 is 63.3. The molecule has 0 aliphatic rings. The van der Waals surface area contributed by atoms with Gasteiger partial charge in [0.1, 0.15) is 57.1 Å². The summed E-state index contributed by atoms with van der Waals surface area (Å²) in [5, 5.41) is 92.5. The molecule has 8 N–H and O–H groups in total. The van der Waals surface area contributed by atoms with Crippen molar-refractivity contribution >= 4 is 77.7 Å². The molecule has 0 fully saturated rings. The van der Waals surface area contributed by atoms with Gasteiger partial charge in [0, 0.05) is 24.3 Å². The summed E-state index contributed by atoms with van der Waals surface area (Å²) >= 11 is 0. The number of phenols is 4. The van der Waals surface area contributed by atoms with Crippen molar-refractivity contribution in [3.8, 4) is 23.0 Å². The molecule has 0 spiro atoms. The number of benzene rings is 6. The predicted molar refractivity (Wildman–Crippen MR) is 218 cm³/mol. The van der Waals surface area contributed by atoms with Gasteiger partial charge in [-0.15, -0.1) is 30.7 Å². The summed E-state index contributed by atoms with van der Waals surface area (Å²) in [5.41, 5.74) is -0.642. The third-order valence-corrected chi connectivity index (χ3v) is 10.2. The van der Waals surface area contributed by atoms with Crippen LogP contribution in [0.5, 0.6) is 23.0 Å². The van der Waals surface area contributed by atoms with E-state index in [1.807, 2.05) is 0 Å². The molecular weight excluding hydrogens is 869 g/mol. The van der Waals surface area contributed by atoms with Gasteiger partial charge in [0.25, 0.3) is 20.2 Å². The Morgan fingerprint density at radius 3 is 1.00 bits per heavy atom. The number of aromatic hydroxyl groups is 4. The summed E-state index contributed by atoms with van der Waals surface area (Å²) in [4.78, 5) is 23.8. The Bertz CT molecular complexity index is 2930. The molecule has 0 bridgehead atoms. The van der Waals surface area contributed by atoms with Gasteiger partial charge >= 0.3 is 11.9 Å². The van der Waals surface area contributed by atoms with Gasteiger partial charge in [0.05, 0.1) is 32.3 Å². The van der Waals surface area contributed by atoms with E-state index in [0.29, 0.717) is 11.1 Å². The van der Waals surface area contributed by atoms with E-state index in [-0.39, 0.29) is 72.8 Å². The Morgan fingerprint density at radius 1 is 0.397 bits per heavy atom. The fraction of sp³-hybridized carbons (Fsp3) is 0.0256. The van der Waals surface area contributed by atoms with Crippen molar-refractivity contribution in [2.75, 3.05) is 0 Å². The summed E-state index contributed by atoms with van der Waals surface area (Å²) in [7, 11) is -8.88. The fourth-order valence-electron chi connectivity index (χ4n) is 5.38. The van der Waals surface area contributed by atoms with Crippen LogP contribution in [0.4, 0.5) is 45.5 Å². The van der Waals surface area contributed by atoms with Crippen molar-refractivity contribution in [3.05, 3.63) is 131 Å². The lowest BCUT2D eigenvalue weighted by Gasteiger charge is -2.08. The Hall–Kier alpha value is -8.32. The third kappa shape index (κ3) is 11.1. The molecule has 0 aliphatic carbocycles. The second-order valence-corrected chi connectivity index (χ2v) is 15.7. The van der Waals surface area contributed by atoms with Crippen LogP contribution < -0.4 is 0 Å². The highest BCUT2D eigenvalue weighted by atomic mass is 32.2. The average Bonchev–Trinajstić information content (AvgIpc) is 3.22. The summed E-state index contributed by atoms with van der Waals surface area (Å²) in [5.74, 6) is -4.90. The first-order valence-corrected chi connectivity index (χ1v) is 20.3. The van der Waals surface area contributed by atoms with Crippen LogP contribution in [-0.4, -0.2) is 68.5 Å². The molecule has 0 aromatic heterocycles. The van der Waals surface area contributed by atoms with Crippen molar-refractivity contribution < 1.29 is 66.2 Å². The van der Waals surface area contributed by atoms with E-state index in [1.165, 1.54) is 60.7 Å². The molecule has 0 heterocycles. The van der Waals surface area contributed by atoms with Crippen LogP contribution in [0.15, 0.2) is 160 Å². The van der Waals surface area contributed by atoms with Gasteiger partial charge in [-0.1, -0.05) is 12.1 Å². The SMILES string of the molecule is O=C(O)c1cc(Cc2ccc(N=Nc3cc(N=Nc4ccc(S(=O)(=O)O)cc4)c(O)cc3O)c(C(=O)O)c2)ccc1N=Nc1cc(N=Nc2ccc(S(=O)(=O)O)cc2)c(O)cc1O. The number of azo groups is 4. The smallest absolute Gasteiger partial charge is 0.337 e. The average molecular weight is 897 g/mol. The molecule has 320 valence electrons. The Morgan fingerprint density at radius 2 is 0.698 bits per heavy atom. The first-order valence-electron chi connectivity index (χ1n) is 17.4. The molecule has 0 radical (unpaired) electrons. The second kappa shape index (κ2) is 18.1. The number of carboxylic acids is 2. The molecular formula is C39H28N8O14S2. The lowest BCUT2D eigenvalue weighted by Crippen LogP contribution is -2.01. The predicted octanol–water partition coefficient (Wildman–Crippen LogP) is 9.65. The second-order valence-electron chi connectivity index (χ2n) is 12.9. The molecule has 6 aromatic rings. The van der Waals surface area contributed by atoms with Gasteiger partial charge in [-0.2, -0.15) is 27.1 Å². The molecule has 24 heteroatoms. The van der Waals surface area contributed by atoms with Crippen LogP contribution >= 0.6 is 0 Å². The van der Waals surface area contributed by atoms with Crippen molar-refractivity contribution in [3.63, 3.8) is 0 Å². The lowest BCUT2D eigenvalue weighted by molar-refractivity contribution is 0.0687. The van der Waals surface area contributed by atoms with Crippen molar-refractivity contribution in [1.82, 2.24) is 0 Å². The number of hydrogen-bond acceptors (Lipinski definition) is 18. The van der Waals surface area contributed by atoms with Gasteiger partial charge in [-0.3, -0.25) is 9.11 Å². The fourth-order valence-corrected chi connectivity index (χ4v) is 6.34. The normalized spacial score (nSPS) is 12.2. The zero-order valence-electron chi connectivity index (χ0n) is 31.5. The zero-order valence-corrected chi connectivity index (χ0v) is 33.2. The third-order valence-electron chi connectivity index (χ3n) is 8.48. The molecule has 6 rings (SSSR count). The highest BCUT2D eigenvalue weighted by Crippen LogP contribution is 2.42. The van der Waals surface area contributed by atoms with Crippen LogP contribution in [0, 0.1) is 0 Å². The molecule has 0 amide bonds. The quantitative estimate of drug-likeness (QED) is 0.0373. The largest absolute Gasteiger partial charge is 0.505 e. The Kier molecular flexibility index (Phi) is 12.7. The van der Waals surface area contributed by atoms with Gasteiger partial charge in [0.15, 0.2) is 0 Å². The minimum atomic E-state index is -4.44. The highest BCUT2D eigenvalue weighted by Gasteiger charge is 2.17. The number of carboxylic acid groups (broad SMARTS) is 2. The Balaban J connectivity index is 1.19. The van der Waals surface area contributed by atoms with E-state index in [4.69, 9.17) is 9.11 Å². The van der Waals surface area contributed by atoms with Gasteiger partial charge < -0.3 is 30.6 Å². The number of carbonyl (C=O) groups is 2. The van der Waals surface area contributed by atoms with Crippen molar-refractivity contribution in [1.29, 1.82) is 0 Å². The number of hydrogen-bond donors (Lipinski definition) is 8. The summed E-state index contributed by atoms with van der Waals surface area (Å²) in [6.07, 6.45) is 0.0344. The molecule has 0 aliphatic heterocycles. The standard InChI is InChI=1S/C39H28N8O14S2/c48-34-18-36(50)32(16-30(34)44-40-22-3-7-24(8-4-22)62(56,57)58)46-42-28-11-1-20(14-26(28)38(52)53)13-21-2-12-29(27(15-21)39(54)55)43-47-33-17-31(35(49)19-37(33)51)45-41-23-5-9-25(10-6-23)63(59,60)61/h1-12,14-19,48-51H,13H2,(H,52,53)(H,54,55)(H,56,57,58)(H,59,60,61). The van der Waals surface area contributed by atoms with Gasteiger partial charge in [0.2, 0.25) is 0 Å². The van der Waals surface area contributed by atoms with E-state index >= 15 is 0 Å². The van der Waals surface area contributed by atoms with Crippen LogP contribution in [0.2, 0.25) is 0 Å². The maximum absolute atomic E-state index is 12.3. The van der Waals surface area contributed by atoms with E-state index in [9.17, 15) is 57.1 Å². The van der Waals surface area contributed by atoms with Crippen LogP contribution in [-0.2, 0) is 26.7 Å². The van der Waals surface area contributed by atoms with Gasteiger partial charge in [-0.25, -0.2) is 9.59 Å². The molecule has 0 atom stereocenters. The molecule has 6 aromatic carbocycles. The maximum atomic E-state index is 12.3. The summed E-state index contributed by atoms with van der Waals surface area (Å²) in [6.45, 7) is 0. The summed E-state index contributed by atoms with van der Waals surface area (Å²) in [6, 6.07) is 21.5. The first kappa shape index (κ1) is 44.2. The lowest BCUT2D eigenvalue weighted by atomic mass is 9.99. The van der Waals surface area contributed by atoms with Crippen LogP contribution in [0.1, 0.15) is 31.8 Å². The van der Waals surface area contributed by atoms with E-state index in [1.54, 1.807) is 0 Å². The monoisotopic (exact) mass is 896 g/mol. The van der Waals surface area contributed by atoms with E-state index in [0.717, 1.165) is 48.5 Å². The highest BCUT2D eigenvalue weighted by molar-refractivity contribution is 7.86. The van der Waals surface area contributed by atoms with E-state index in [2.05, 4.69) is 40.9 Å². The molecule has 0 saturated heterocycles. The van der Waals surface area contributed by atoms with Crippen molar-refractivity contribution in [2.45, 2.75) is 16.2 Å².